The Labute approximate surface area is 90.4 Å². The SMILES string of the molecule is Cc1nc(CNC2C(C)(C)C2(C)C)no1. The molecule has 1 aliphatic rings. The monoisotopic (exact) mass is 209 g/mol. The second-order valence-corrected chi connectivity index (χ2v) is 5.49. The van der Waals surface area contributed by atoms with E-state index in [0.29, 0.717) is 29.3 Å². The zero-order valence-electron chi connectivity index (χ0n) is 10.1. The Balaban J connectivity index is 1.91. The Morgan fingerprint density at radius 2 is 1.87 bits per heavy atom. The lowest BCUT2D eigenvalue weighted by atomic mass is 10.0. The molecule has 0 amide bonds. The van der Waals surface area contributed by atoms with Gasteiger partial charge in [-0.2, -0.15) is 4.98 Å². The van der Waals surface area contributed by atoms with Gasteiger partial charge in [0.2, 0.25) is 5.89 Å². The van der Waals surface area contributed by atoms with Gasteiger partial charge in [-0.25, -0.2) is 0 Å². The predicted molar refractivity (Wildman–Crippen MR) is 57.2 cm³/mol. The number of nitrogens with zero attached hydrogens (tertiary/aromatic N) is 2. The summed E-state index contributed by atoms with van der Waals surface area (Å²) in [6, 6.07) is 0.531. The molecule has 1 fully saturated rings. The standard InChI is InChI=1S/C11H19N3O/c1-7-13-8(14-15-7)6-12-9-10(2,3)11(9,4)5/h9,12H,6H2,1-5H3. The van der Waals surface area contributed by atoms with Crippen LogP contribution in [0.3, 0.4) is 0 Å². The van der Waals surface area contributed by atoms with E-state index < -0.39 is 0 Å². The highest BCUT2D eigenvalue weighted by molar-refractivity contribution is 5.17. The van der Waals surface area contributed by atoms with Crippen molar-refractivity contribution in [2.24, 2.45) is 10.8 Å². The third kappa shape index (κ3) is 1.57. The van der Waals surface area contributed by atoms with Crippen molar-refractivity contribution in [1.82, 2.24) is 15.5 Å². The summed E-state index contributed by atoms with van der Waals surface area (Å²) in [5, 5.41) is 7.34. The fourth-order valence-electron chi connectivity index (χ4n) is 2.31. The van der Waals surface area contributed by atoms with Crippen LogP contribution in [0, 0.1) is 17.8 Å². The van der Waals surface area contributed by atoms with Crippen molar-refractivity contribution in [2.45, 2.75) is 47.2 Å². The van der Waals surface area contributed by atoms with Crippen molar-refractivity contribution in [3.8, 4) is 0 Å². The van der Waals surface area contributed by atoms with Crippen LogP contribution >= 0.6 is 0 Å². The number of rotatable bonds is 3. The summed E-state index contributed by atoms with van der Waals surface area (Å²) in [5.74, 6) is 1.37. The van der Waals surface area contributed by atoms with Gasteiger partial charge < -0.3 is 9.84 Å². The van der Waals surface area contributed by atoms with Crippen molar-refractivity contribution >= 4 is 0 Å². The molecule has 15 heavy (non-hydrogen) atoms. The molecule has 4 nitrogen and oxygen atoms in total. The van der Waals surface area contributed by atoms with Gasteiger partial charge in [-0.05, 0) is 10.8 Å². The Hall–Kier alpha value is -0.900. The van der Waals surface area contributed by atoms with Crippen LogP contribution in [0.5, 0.6) is 0 Å². The maximum absolute atomic E-state index is 4.92. The Morgan fingerprint density at radius 1 is 1.27 bits per heavy atom. The highest BCUT2D eigenvalue weighted by Crippen LogP contribution is 2.62. The zero-order valence-corrected chi connectivity index (χ0v) is 10.1. The summed E-state index contributed by atoms with van der Waals surface area (Å²) < 4.78 is 4.92. The molecule has 0 aliphatic heterocycles. The highest BCUT2D eigenvalue weighted by atomic mass is 16.5. The fraction of sp³-hybridized carbons (Fsp3) is 0.818. The summed E-state index contributed by atoms with van der Waals surface area (Å²) in [6.45, 7) is 11.6. The molecular weight excluding hydrogens is 190 g/mol. The summed E-state index contributed by atoms with van der Waals surface area (Å²) in [5.41, 5.74) is 0.706. The molecule has 84 valence electrons. The molecule has 0 spiro atoms. The first-order valence-electron chi connectivity index (χ1n) is 5.38. The van der Waals surface area contributed by atoms with Crippen molar-refractivity contribution in [1.29, 1.82) is 0 Å². The first-order valence-corrected chi connectivity index (χ1v) is 5.38. The average Bonchev–Trinajstić information content (AvgIpc) is 2.50. The van der Waals surface area contributed by atoms with E-state index in [0.717, 1.165) is 5.82 Å². The second-order valence-electron chi connectivity index (χ2n) is 5.49. The van der Waals surface area contributed by atoms with Gasteiger partial charge in [0.1, 0.15) is 0 Å². The van der Waals surface area contributed by atoms with Crippen LogP contribution in [-0.2, 0) is 6.54 Å². The molecule has 1 aromatic heterocycles. The predicted octanol–water partition coefficient (Wildman–Crippen LogP) is 1.90. The fourth-order valence-corrected chi connectivity index (χ4v) is 2.31. The largest absolute Gasteiger partial charge is 0.340 e. The zero-order chi connectivity index (χ0) is 11.3. The normalized spacial score (nSPS) is 23.0. The van der Waals surface area contributed by atoms with Gasteiger partial charge in [-0.3, -0.25) is 0 Å². The first-order chi connectivity index (χ1) is 6.85. The highest BCUT2D eigenvalue weighted by Gasteiger charge is 2.64. The lowest BCUT2D eigenvalue weighted by Gasteiger charge is -2.03. The molecule has 2 rings (SSSR count). The molecule has 4 heteroatoms. The minimum atomic E-state index is 0.353. The van der Waals surface area contributed by atoms with Crippen LogP contribution in [0.1, 0.15) is 39.4 Å². The maximum atomic E-state index is 4.92. The molecule has 1 saturated carbocycles. The molecule has 1 heterocycles. The number of nitrogens with one attached hydrogen (secondary N) is 1. The van der Waals surface area contributed by atoms with Crippen molar-refractivity contribution in [3.05, 3.63) is 11.7 Å². The van der Waals surface area contributed by atoms with Gasteiger partial charge in [0, 0.05) is 13.0 Å². The Bertz CT molecular complexity index is 354. The van der Waals surface area contributed by atoms with Gasteiger partial charge >= 0.3 is 0 Å². The third-order valence-electron chi connectivity index (χ3n) is 4.05. The molecule has 0 saturated heterocycles. The molecule has 0 radical (unpaired) electrons. The van der Waals surface area contributed by atoms with Gasteiger partial charge in [-0.1, -0.05) is 32.9 Å². The summed E-state index contributed by atoms with van der Waals surface area (Å²) in [7, 11) is 0. The number of aromatic nitrogens is 2. The van der Waals surface area contributed by atoms with Crippen molar-refractivity contribution in [3.63, 3.8) is 0 Å². The quantitative estimate of drug-likeness (QED) is 0.826. The molecule has 1 aromatic rings. The first kappa shape index (κ1) is 10.6. The average molecular weight is 209 g/mol. The molecule has 0 atom stereocenters. The van der Waals surface area contributed by atoms with E-state index in [1.807, 2.05) is 6.92 Å². The molecule has 1 aliphatic carbocycles. The Kier molecular flexibility index (Phi) is 2.15. The summed E-state index contributed by atoms with van der Waals surface area (Å²) in [6.07, 6.45) is 0. The van der Waals surface area contributed by atoms with Crippen LogP contribution in [-0.4, -0.2) is 16.2 Å². The minimum absolute atomic E-state index is 0.353. The van der Waals surface area contributed by atoms with Crippen LogP contribution in [0.25, 0.3) is 0 Å². The van der Waals surface area contributed by atoms with Crippen molar-refractivity contribution in [2.75, 3.05) is 0 Å². The topological polar surface area (TPSA) is 51.0 Å². The van der Waals surface area contributed by atoms with E-state index in [-0.39, 0.29) is 0 Å². The lowest BCUT2D eigenvalue weighted by Crippen LogP contribution is -2.22. The van der Waals surface area contributed by atoms with Crippen LogP contribution < -0.4 is 5.32 Å². The van der Waals surface area contributed by atoms with E-state index in [1.54, 1.807) is 0 Å². The molecule has 0 bridgehead atoms. The van der Waals surface area contributed by atoms with E-state index in [9.17, 15) is 0 Å². The van der Waals surface area contributed by atoms with Gasteiger partial charge in [0.15, 0.2) is 5.82 Å². The van der Waals surface area contributed by atoms with Crippen LogP contribution in [0.15, 0.2) is 4.52 Å². The van der Waals surface area contributed by atoms with E-state index >= 15 is 0 Å². The van der Waals surface area contributed by atoms with Crippen molar-refractivity contribution < 1.29 is 4.52 Å². The van der Waals surface area contributed by atoms with E-state index in [2.05, 4.69) is 43.2 Å². The Morgan fingerprint density at radius 3 is 2.27 bits per heavy atom. The van der Waals surface area contributed by atoms with Gasteiger partial charge in [0.05, 0.1) is 6.54 Å². The van der Waals surface area contributed by atoms with E-state index in [1.165, 1.54) is 0 Å². The summed E-state index contributed by atoms with van der Waals surface area (Å²) in [4.78, 5) is 4.17. The minimum Gasteiger partial charge on any atom is -0.340 e. The number of aryl methyl sites for hydroxylation is 1. The van der Waals surface area contributed by atoms with E-state index in [4.69, 9.17) is 4.52 Å². The smallest absolute Gasteiger partial charge is 0.223 e. The number of hydrogen-bond acceptors (Lipinski definition) is 4. The molecule has 0 aromatic carbocycles. The lowest BCUT2D eigenvalue weighted by molar-refractivity contribution is 0.384. The van der Waals surface area contributed by atoms with Crippen LogP contribution in [0.4, 0.5) is 0 Å². The second kappa shape index (κ2) is 3.04. The maximum Gasteiger partial charge on any atom is 0.223 e. The molecular formula is C11H19N3O. The van der Waals surface area contributed by atoms with Crippen LogP contribution in [0.2, 0.25) is 0 Å². The van der Waals surface area contributed by atoms with Gasteiger partial charge in [-0.15, -0.1) is 0 Å². The van der Waals surface area contributed by atoms with Gasteiger partial charge in [0.25, 0.3) is 0 Å². The summed E-state index contributed by atoms with van der Waals surface area (Å²) >= 11 is 0. The third-order valence-corrected chi connectivity index (χ3v) is 4.05. The molecule has 1 N–H and O–H groups in total. The number of hydrogen-bond donors (Lipinski definition) is 1. The molecule has 0 unspecified atom stereocenters.